The summed E-state index contributed by atoms with van der Waals surface area (Å²) in [6, 6.07) is 16.9. The van der Waals surface area contributed by atoms with Crippen LogP contribution in [0.1, 0.15) is 18.7 Å². The van der Waals surface area contributed by atoms with Crippen molar-refractivity contribution < 1.29 is 4.79 Å². The number of anilines is 1. The van der Waals surface area contributed by atoms with Crippen LogP contribution in [0.3, 0.4) is 0 Å². The van der Waals surface area contributed by atoms with Crippen LogP contribution in [0.2, 0.25) is 0 Å². The highest BCUT2D eigenvalue weighted by atomic mass is 16.1. The summed E-state index contributed by atoms with van der Waals surface area (Å²) in [6.45, 7) is 0. The van der Waals surface area contributed by atoms with Crippen LogP contribution in [-0.2, 0) is 11.2 Å². The molecule has 2 aromatic carbocycles. The van der Waals surface area contributed by atoms with Gasteiger partial charge in [0.1, 0.15) is 5.82 Å². The third kappa shape index (κ3) is 3.83. The summed E-state index contributed by atoms with van der Waals surface area (Å²) in [5.41, 5.74) is 1.43. The second-order valence-electron chi connectivity index (χ2n) is 6.39. The first-order valence-corrected chi connectivity index (χ1v) is 9.07. The first-order valence-electron chi connectivity index (χ1n) is 9.07. The molecule has 0 saturated carbocycles. The zero-order chi connectivity index (χ0) is 19.3. The summed E-state index contributed by atoms with van der Waals surface area (Å²) in [5.74, 6) is 0.933. The van der Waals surface area contributed by atoms with E-state index in [4.69, 9.17) is 0 Å². The molecule has 0 fully saturated rings. The van der Waals surface area contributed by atoms with Crippen molar-refractivity contribution in [2.24, 2.45) is 0 Å². The number of aromatic amines is 1. The molecule has 0 bridgehead atoms. The van der Waals surface area contributed by atoms with E-state index in [1.54, 1.807) is 18.5 Å². The standard InChI is InChI=1S/C21H19N5O2/c27-19(25-21-22-13-14-26(21)15-7-2-1-3-8-15)12-6-11-18-23-17-10-5-4-9-16(17)20(28)24-18/h1-5,7-10,13-14H,6,11-12H2,(H,22,25,27)(H,23,24,28). The van der Waals surface area contributed by atoms with E-state index < -0.39 is 0 Å². The van der Waals surface area contributed by atoms with Crippen LogP contribution in [0.4, 0.5) is 5.95 Å². The summed E-state index contributed by atoms with van der Waals surface area (Å²) < 4.78 is 1.82. The Morgan fingerprint density at radius 2 is 1.86 bits per heavy atom. The second-order valence-corrected chi connectivity index (χ2v) is 6.39. The molecule has 0 unspecified atom stereocenters. The molecule has 2 aromatic heterocycles. The Kier molecular flexibility index (Phi) is 4.97. The van der Waals surface area contributed by atoms with E-state index in [1.165, 1.54) is 0 Å². The van der Waals surface area contributed by atoms with Gasteiger partial charge in [-0.05, 0) is 30.7 Å². The molecule has 0 radical (unpaired) electrons. The topological polar surface area (TPSA) is 92.7 Å². The van der Waals surface area contributed by atoms with Crippen molar-refractivity contribution in [2.75, 3.05) is 5.32 Å². The minimum atomic E-state index is -0.157. The lowest BCUT2D eigenvalue weighted by Gasteiger charge is -2.09. The predicted octanol–water partition coefficient (Wildman–Crippen LogP) is 3.07. The van der Waals surface area contributed by atoms with Gasteiger partial charge in [0, 0.05) is 30.9 Å². The number of aryl methyl sites for hydroxylation is 1. The Morgan fingerprint density at radius 1 is 1.07 bits per heavy atom. The molecule has 7 heteroatoms. The van der Waals surface area contributed by atoms with Crippen molar-refractivity contribution in [2.45, 2.75) is 19.3 Å². The van der Waals surface area contributed by atoms with Crippen LogP contribution < -0.4 is 10.9 Å². The lowest BCUT2D eigenvalue weighted by atomic mass is 10.2. The van der Waals surface area contributed by atoms with Crippen LogP contribution in [0.5, 0.6) is 0 Å². The molecule has 4 aromatic rings. The second kappa shape index (κ2) is 7.87. The number of rotatable bonds is 6. The molecule has 0 aliphatic carbocycles. The Hall–Kier alpha value is -3.74. The quantitative estimate of drug-likeness (QED) is 0.543. The fourth-order valence-corrected chi connectivity index (χ4v) is 3.05. The van der Waals surface area contributed by atoms with Gasteiger partial charge in [0.05, 0.1) is 10.9 Å². The largest absolute Gasteiger partial charge is 0.310 e. The minimum absolute atomic E-state index is 0.133. The molecule has 0 aliphatic heterocycles. The highest BCUT2D eigenvalue weighted by Gasteiger charge is 2.10. The average Bonchev–Trinajstić information content (AvgIpc) is 3.17. The van der Waals surface area contributed by atoms with E-state index in [1.807, 2.05) is 53.1 Å². The zero-order valence-electron chi connectivity index (χ0n) is 15.1. The normalized spacial score (nSPS) is 10.9. The fourth-order valence-electron chi connectivity index (χ4n) is 3.05. The molecule has 28 heavy (non-hydrogen) atoms. The summed E-state index contributed by atoms with van der Waals surface area (Å²) >= 11 is 0. The van der Waals surface area contributed by atoms with Crippen molar-refractivity contribution in [3.05, 3.63) is 83.2 Å². The van der Waals surface area contributed by atoms with E-state index in [0.29, 0.717) is 41.9 Å². The molecule has 7 nitrogen and oxygen atoms in total. The van der Waals surface area contributed by atoms with Crippen LogP contribution in [-0.4, -0.2) is 25.4 Å². The van der Waals surface area contributed by atoms with Crippen LogP contribution in [0, 0.1) is 0 Å². The van der Waals surface area contributed by atoms with E-state index in [9.17, 15) is 9.59 Å². The first kappa shape index (κ1) is 17.7. The van der Waals surface area contributed by atoms with Gasteiger partial charge in [-0.2, -0.15) is 0 Å². The van der Waals surface area contributed by atoms with Gasteiger partial charge in [-0.3, -0.25) is 19.5 Å². The maximum atomic E-state index is 12.3. The molecule has 4 rings (SSSR count). The number of carbonyl (C=O) groups excluding carboxylic acids is 1. The van der Waals surface area contributed by atoms with Gasteiger partial charge in [-0.25, -0.2) is 9.97 Å². The van der Waals surface area contributed by atoms with Gasteiger partial charge in [0.15, 0.2) is 0 Å². The average molecular weight is 373 g/mol. The van der Waals surface area contributed by atoms with Crippen LogP contribution in [0.25, 0.3) is 16.6 Å². The minimum Gasteiger partial charge on any atom is -0.310 e. The van der Waals surface area contributed by atoms with E-state index in [-0.39, 0.29) is 11.5 Å². The summed E-state index contributed by atoms with van der Waals surface area (Å²) in [5, 5.41) is 3.40. The lowest BCUT2D eigenvalue weighted by Crippen LogP contribution is -2.16. The number of imidazole rings is 1. The Balaban J connectivity index is 1.37. The third-order valence-electron chi connectivity index (χ3n) is 4.41. The SMILES string of the molecule is O=C(CCCc1nc2ccccc2c(=O)[nH]1)Nc1nccn1-c1ccccc1. The summed E-state index contributed by atoms with van der Waals surface area (Å²) in [7, 11) is 0. The Morgan fingerprint density at radius 3 is 2.71 bits per heavy atom. The number of fused-ring (bicyclic) bond motifs is 1. The molecular weight excluding hydrogens is 354 g/mol. The van der Waals surface area contributed by atoms with Crippen molar-refractivity contribution in [1.29, 1.82) is 0 Å². The first-order chi connectivity index (χ1) is 13.7. The lowest BCUT2D eigenvalue weighted by molar-refractivity contribution is -0.116. The van der Waals surface area contributed by atoms with Crippen molar-refractivity contribution >= 4 is 22.8 Å². The van der Waals surface area contributed by atoms with Gasteiger partial charge < -0.3 is 4.98 Å². The molecule has 2 N–H and O–H groups in total. The molecule has 0 aliphatic rings. The highest BCUT2D eigenvalue weighted by Crippen LogP contribution is 2.14. The fraction of sp³-hybridized carbons (Fsp3) is 0.143. The third-order valence-corrected chi connectivity index (χ3v) is 4.41. The smallest absolute Gasteiger partial charge is 0.258 e. The number of H-pyrrole nitrogens is 1. The number of hydrogen-bond donors (Lipinski definition) is 2. The molecule has 2 heterocycles. The summed E-state index contributed by atoms with van der Waals surface area (Å²) in [6.07, 6.45) is 4.83. The van der Waals surface area contributed by atoms with E-state index in [2.05, 4.69) is 20.3 Å². The van der Waals surface area contributed by atoms with Gasteiger partial charge in [-0.15, -0.1) is 0 Å². The van der Waals surface area contributed by atoms with Gasteiger partial charge in [0.2, 0.25) is 11.9 Å². The number of aromatic nitrogens is 4. The molecule has 0 saturated heterocycles. The number of nitrogens with zero attached hydrogens (tertiary/aromatic N) is 3. The number of hydrogen-bond acceptors (Lipinski definition) is 4. The predicted molar refractivity (Wildman–Crippen MR) is 107 cm³/mol. The van der Waals surface area contributed by atoms with Crippen LogP contribution >= 0.6 is 0 Å². The van der Waals surface area contributed by atoms with E-state index >= 15 is 0 Å². The number of carbonyl (C=O) groups is 1. The molecular formula is C21H19N5O2. The molecule has 0 spiro atoms. The van der Waals surface area contributed by atoms with Crippen LogP contribution in [0.15, 0.2) is 71.8 Å². The highest BCUT2D eigenvalue weighted by molar-refractivity contribution is 5.89. The Bertz CT molecular complexity index is 1160. The maximum absolute atomic E-state index is 12.3. The molecule has 140 valence electrons. The molecule has 0 atom stereocenters. The van der Waals surface area contributed by atoms with Crippen molar-refractivity contribution in [1.82, 2.24) is 19.5 Å². The summed E-state index contributed by atoms with van der Waals surface area (Å²) in [4.78, 5) is 35.9. The Labute approximate surface area is 161 Å². The number of para-hydroxylation sites is 2. The van der Waals surface area contributed by atoms with Crippen molar-refractivity contribution in [3.8, 4) is 5.69 Å². The van der Waals surface area contributed by atoms with Gasteiger partial charge in [0.25, 0.3) is 5.56 Å². The van der Waals surface area contributed by atoms with Gasteiger partial charge >= 0.3 is 0 Å². The monoisotopic (exact) mass is 373 g/mol. The van der Waals surface area contributed by atoms with E-state index in [0.717, 1.165) is 5.69 Å². The molecule has 1 amide bonds. The zero-order valence-corrected chi connectivity index (χ0v) is 15.1. The van der Waals surface area contributed by atoms with Gasteiger partial charge in [-0.1, -0.05) is 30.3 Å². The maximum Gasteiger partial charge on any atom is 0.258 e. The number of amides is 1. The number of benzene rings is 2. The number of nitrogens with one attached hydrogen (secondary N) is 2. The van der Waals surface area contributed by atoms with Crippen molar-refractivity contribution in [3.63, 3.8) is 0 Å².